The number of aromatic hydroxyl groups is 3. The van der Waals surface area contributed by atoms with Crippen molar-refractivity contribution >= 4 is 11.0 Å². The smallest absolute Gasteiger partial charge is 0.239 e. The van der Waals surface area contributed by atoms with Crippen molar-refractivity contribution < 1.29 is 74.4 Å². The molecule has 0 saturated carbocycles. The van der Waals surface area contributed by atoms with Gasteiger partial charge in [0.25, 0.3) is 0 Å². The number of benzene rings is 2. The minimum absolute atomic E-state index is 0.129. The maximum absolute atomic E-state index is 13.7. The molecule has 2 aromatic carbocycles. The first-order valence-electron chi connectivity index (χ1n) is 13.0. The predicted molar refractivity (Wildman–Crippen MR) is 140 cm³/mol. The van der Waals surface area contributed by atoms with E-state index in [1.807, 2.05) is 0 Å². The van der Waals surface area contributed by atoms with Crippen molar-refractivity contribution in [1.82, 2.24) is 0 Å². The zero-order chi connectivity index (χ0) is 31.2. The van der Waals surface area contributed by atoms with Gasteiger partial charge in [-0.1, -0.05) is 0 Å². The van der Waals surface area contributed by atoms with Crippen LogP contribution in [0.25, 0.3) is 22.3 Å². The number of phenolic OH excluding ortho intramolecular Hbond substituents is 3. The molecule has 5 rings (SSSR count). The minimum Gasteiger partial charge on any atom is -0.508 e. The molecule has 2 fully saturated rings. The van der Waals surface area contributed by atoms with Gasteiger partial charge in [0.15, 0.2) is 18.2 Å². The van der Waals surface area contributed by atoms with Crippen molar-refractivity contribution in [2.24, 2.45) is 0 Å². The Morgan fingerprint density at radius 1 is 0.721 bits per heavy atom. The number of aliphatic hydroxyl groups excluding tert-OH is 7. The maximum Gasteiger partial charge on any atom is 0.239 e. The van der Waals surface area contributed by atoms with Gasteiger partial charge >= 0.3 is 0 Å². The lowest BCUT2D eigenvalue weighted by Crippen LogP contribution is -2.65. The summed E-state index contributed by atoms with van der Waals surface area (Å²) in [5.74, 6) is -2.15. The number of hydrogen-bond donors (Lipinski definition) is 10. The van der Waals surface area contributed by atoms with E-state index >= 15 is 0 Å². The Balaban J connectivity index is 1.60. The predicted octanol–water partition coefficient (Wildman–Crippen LogP) is -2.42. The third-order valence-corrected chi connectivity index (χ3v) is 7.25. The molecule has 2 aliphatic rings. The number of rotatable bonds is 7. The van der Waals surface area contributed by atoms with Crippen LogP contribution in [0, 0.1) is 0 Å². The van der Waals surface area contributed by atoms with Crippen LogP contribution in [-0.2, 0) is 14.2 Å². The molecule has 3 heterocycles. The molecule has 2 aliphatic heterocycles. The summed E-state index contributed by atoms with van der Waals surface area (Å²) in [5.41, 5.74) is -1.07. The summed E-state index contributed by atoms with van der Waals surface area (Å²) in [7, 11) is 0. The van der Waals surface area contributed by atoms with Crippen molar-refractivity contribution in [2.75, 3.05) is 13.2 Å². The lowest BCUT2D eigenvalue weighted by Gasteiger charge is -2.45. The summed E-state index contributed by atoms with van der Waals surface area (Å²) in [6.07, 6.45) is -17.7. The summed E-state index contributed by atoms with van der Waals surface area (Å²) in [6.45, 7) is -1.63. The second-order valence-corrected chi connectivity index (χ2v) is 10.1. The van der Waals surface area contributed by atoms with Crippen molar-refractivity contribution in [3.05, 3.63) is 46.6 Å². The third-order valence-electron chi connectivity index (χ3n) is 7.25. The number of aliphatic hydroxyl groups is 7. The highest BCUT2D eigenvalue weighted by Gasteiger charge is 2.51. The number of ether oxygens (including phenoxy) is 4. The zero-order valence-electron chi connectivity index (χ0n) is 22.1. The maximum atomic E-state index is 13.7. The van der Waals surface area contributed by atoms with Crippen LogP contribution in [0.15, 0.2) is 45.6 Å². The van der Waals surface area contributed by atoms with E-state index in [4.69, 9.17) is 23.4 Å². The van der Waals surface area contributed by atoms with Crippen LogP contribution < -0.4 is 10.2 Å². The summed E-state index contributed by atoms with van der Waals surface area (Å²) in [5, 5.41) is 101. The first kappa shape index (κ1) is 30.9. The highest BCUT2D eigenvalue weighted by atomic mass is 16.8. The van der Waals surface area contributed by atoms with Crippen molar-refractivity contribution in [2.45, 2.75) is 61.4 Å². The Kier molecular flexibility index (Phi) is 8.77. The van der Waals surface area contributed by atoms with Crippen LogP contribution >= 0.6 is 0 Å². The SMILES string of the molecule is O=c1c(O[C@H]2O[C@H](CO)[C@@H](O)[C@H](O)[C@H]2O[C@H]2O[C@H](CO)[C@@H](O)[C@H](O)[C@H]2O)c(-c2ccc(O)cc2)oc2cc(O)cc(O)c12. The molecule has 0 spiro atoms. The molecular formula is C27H30O16. The van der Waals surface area contributed by atoms with Crippen LogP contribution in [0.4, 0.5) is 0 Å². The molecule has 0 radical (unpaired) electrons. The second kappa shape index (κ2) is 12.2. The van der Waals surface area contributed by atoms with Gasteiger partial charge in [0.05, 0.1) is 13.2 Å². The number of fused-ring (bicyclic) bond motifs is 1. The van der Waals surface area contributed by atoms with Crippen molar-refractivity contribution in [3.63, 3.8) is 0 Å². The fourth-order valence-corrected chi connectivity index (χ4v) is 4.92. The Morgan fingerprint density at radius 2 is 1.33 bits per heavy atom. The Hall–Kier alpha value is -3.55. The van der Waals surface area contributed by atoms with Gasteiger partial charge < -0.3 is 74.4 Å². The topological polar surface area (TPSA) is 269 Å². The molecule has 16 nitrogen and oxygen atoms in total. The first-order chi connectivity index (χ1) is 20.4. The zero-order valence-corrected chi connectivity index (χ0v) is 22.1. The van der Waals surface area contributed by atoms with Gasteiger partial charge in [-0.2, -0.15) is 0 Å². The van der Waals surface area contributed by atoms with E-state index in [1.165, 1.54) is 24.3 Å². The molecule has 10 atom stereocenters. The van der Waals surface area contributed by atoms with Gasteiger partial charge in [0.1, 0.15) is 70.9 Å². The van der Waals surface area contributed by atoms with E-state index in [1.54, 1.807) is 0 Å². The standard InChI is InChI=1S/C27H30O16/c28-7-14-17(33)20(36)22(38)26(40-14)43-25-21(37)18(34)15(8-29)41-27(25)42-24-19(35)16-12(32)5-11(31)6-13(16)39-23(24)9-1-3-10(30)4-2-9/h1-6,14-15,17-18,20-22,25-34,36-38H,7-8H2/t14-,15-,17-,18-,20+,21+,22-,25-,26-,27-/m1/s1. The fourth-order valence-electron chi connectivity index (χ4n) is 4.92. The average Bonchev–Trinajstić information content (AvgIpc) is 2.97. The van der Waals surface area contributed by atoms with Crippen LogP contribution in [0.2, 0.25) is 0 Å². The van der Waals surface area contributed by atoms with Gasteiger partial charge in [0.2, 0.25) is 17.5 Å². The molecule has 0 aliphatic carbocycles. The molecule has 43 heavy (non-hydrogen) atoms. The minimum atomic E-state index is -1.93. The summed E-state index contributed by atoms with van der Waals surface area (Å²) in [4.78, 5) is 13.7. The van der Waals surface area contributed by atoms with E-state index in [-0.39, 0.29) is 22.7 Å². The molecule has 16 heteroatoms. The van der Waals surface area contributed by atoms with E-state index < -0.39 is 103 Å². The summed E-state index contributed by atoms with van der Waals surface area (Å²) < 4.78 is 28.3. The second-order valence-electron chi connectivity index (χ2n) is 10.1. The average molecular weight is 611 g/mol. The Morgan fingerprint density at radius 3 is 1.95 bits per heavy atom. The molecule has 1 aromatic heterocycles. The molecule has 3 aromatic rings. The number of phenols is 3. The van der Waals surface area contributed by atoms with Crippen LogP contribution in [0.5, 0.6) is 23.0 Å². The van der Waals surface area contributed by atoms with Gasteiger partial charge in [-0.15, -0.1) is 0 Å². The summed E-state index contributed by atoms with van der Waals surface area (Å²) >= 11 is 0. The lowest BCUT2D eigenvalue weighted by molar-refractivity contribution is -0.358. The van der Waals surface area contributed by atoms with Crippen molar-refractivity contribution in [3.8, 4) is 34.3 Å². The van der Waals surface area contributed by atoms with Gasteiger partial charge in [0, 0.05) is 17.7 Å². The molecule has 2 saturated heterocycles. The fraction of sp³-hybridized carbons (Fsp3) is 0.444. The van der Waals surface area contributed by atoms with E-state index in [0.717, 1.165) is 12.1 Å². The molecular weight excluding hydrogens is 580 g/mol. The number of hydrogen-bond acceptors (Lipinski definition) is 16. The van der Waals surface area contributed by atoms with E-state index in [0.29, 0.717) is 0 Å². The summed E-state index contributed by atoms with van der Waals surface area (Å²) in [6, 6.07) is 7.20. The highest BCUT2D eigenvalue weighted by Crippen LogP contribution is 2.38. The quantitative estimate of drug-likeness (QED) is 0.133. The van der Waals surface area contributed by atoms with E-state index in [9.17, 15) is 55.9 Å². The van der Waals surface area contributed by atoms with Crippen molar-refractivity contribution in [1.29, 1.82) is 0 Å². The van der Waals surface area contributed by atoms with Crippen LogP contribution in [0.3, 0.4) is 0 Å². The lowest BCUT2D eigenvalue weighted by atomic mass is 9.97. The Labute approximate surface area is 241 Å². The molecule has 234 valence electrons. The van der Waals surface area contributed by atoms with Crippen LogP contribution in [-0.4, -0.2) is 126 Å². The normalized spacial score (nSPS) is 33.0. The van der Waals surface area contributed by atoms with Gasteiger partial charge in [-0.25, -0.2) is 0 Å². The highest BCUT2D eigenvalue weighted by molar-refractivity contribution is 5.88. The van der Waals surface area contributed by atoms with Gasteiger partial charge in [-0.3, -0.25) is 4.79 Å². The molecule has 0 unspecified atom stereocenters. The third kappa shape index (κ3) is 5.73. The Bertz CT molecular complexity index is 1490. The monoisotopic (exact) mass is 610 g/mol. The molecule has 10 N–H and O–H groups in total. The first-order valence-corrected chi connectivity index (χ1v) is 13.0. The van der Waals surface area contributed by atoms with E-state index in [2.05, 4.69) is 0 Å². The van der Waals surface area contributed by atoms with Gasteiger partial charge in [-0.05, 0) is 24.3 Å². The van der Waals surface area contributed by atoms with Crippen LogP contribution in [0.1, 0.15) is 0 Å². The largest absolute Gasteiger partial charge is 0.508 e. The molecule has 0 bridgehead atoms. The molecule has 0 amide bonds.